The van der Waals surface area contributed by atoms with Crippen LogP contribution in [-0.2, 0) is 0 Å². The molecule has 0 spiro atoms. The van der Waals surface area contributed by atoms with E-state index in [-0.39, 0.29) is 0 Å². The molecule has 0 radical (unpaired) electrons. The quantitative estimate of drug-likeness (QED) is 0.686. The molecule has 0 heterocycles. The molecule has 2 atom stereocenters. The van der Waals surface area contributed by atoms with Crippen LogP contribution in [0.2, 0.25) is 0 Å². The number of hydrogen-bond acceptors (Lipinski definition) is 1. The van der Waals surface area contributed by atoms with Gasteiger partial charge in [0.25, 0.3) is 0 Å². The van der Waals surface area contributed by atoms with E-state index in [9.17, 15) is 0 Å². The van der Waals surface area contributed by atoms with Gasteiger partial charge in [-0.05, 0) is 38.1 Å². The van der Waals surface area contributed by atoms with Gasteiger partial charge in [-0.25, -0.2) is 0 Å². The Morgan fingerprint density at radius 2 is 1.86 bits per heavy atom. The van der Waals surface area contributed by atoms with E-state index in [0.29, 0.717) is 6.04 Å². The molecular formula is C13H27N. The van der Waals surface area contributed by atoms with Crippen molar-refractivity contribution in [2.75, 3.05) is 6.54 Å². The summed E-state index contributed by atoms with van der Waals surface area (Å²) in [4.78, 5) is 0. The molecule has 1 aliphatic carbocycles. The third kappa shape index (κ3) is 4.00. The predicted molar refractivity (Wildman–Crippen MR) is 63.5 cm³/mol. The lowest BCUT2D eigenvalue weighted by molar-refractivity contribution is 0.309. The Hall–Kier alpha value is -0.0400. The first kappa shape index (κ1) is 12.0. The molecule has 2 unspecified atom stereocenters. The first-order valence-electron chi connectivity index (χ1n) is 6.47. The van der Waals surface area contributed by atoms with E-state index in [1.165, 1.54) is 45.1 Å². The third-order valence-electron chi connectivity index (χ3n) is 3.67. The highest BCUT2D eigenvalue weighted by Crippen LogP contribution is 2.33. The summed E-state index contributed by atoms with van der Waals surface area (Å²) >= 11 is 0. The van der Waals surface area contributed by atoms with E-state index in [0.717, 1.165) is 11.8 Å². The van der Waals surface area contributed by atoms with Gasteiger partial charge in [0.15, 0.2) is 0 Å². The fourth-order valence-corrected chi connectivity index (χ4v) is 2.75. The molecule has 1 heteroatoms. The van der Waals surface area contributed by atoms with Crippen molar-refractivity contribution in [3.8, 4) is 0 Å². The summed E-state index contributed by atoms with van der Waals surface area (Å²) in [6.45, 7) is 8.19. The highest BCUT2D eigenvalue weighted by Gasteiger charge is 2.22. The third-order valence-corrected chi connectivity index (χ3v) is 3.67. The molecule has 0 aromatic heterocycles. The molecule has 14 heavy (non-hydrogen) atoms. The highest BCUT2D eigenvalue weighted by atomic mass is 14.9. The molecule has 0 aromatic rings. The Balaban J connectivity index is 2.14. The number of hydrogen-bond donors (Lipinski definition) is 1. The van der Waals surface area contributed by atoms with Gasteiger partial charge in [0.2, 0.25) is 0 Å². The van der Waals surface area contributed by atoms with E-state index in [1.807, 2.05) is 0 Å². The molecule has 1 nitrogen and oxygen atoms in total. The zero-order valence-electron chi connectivity index (χ0n) is 10.2. The summed E-state index contributed by atoms with van der Waals surface area (Å²) in [5.41, 5.74) is 0. The monoisotopic (exact) mass is 197 g/mol. The van der Waals surface area contributed by atoms with Crippen molar-refractivity contribution in [2.24, 2.45) is 11.8 Å². The minimum atomic E-state index is 0.713. The zero-order valence-corrected chi connectivity index (χ0v) is 10.2. The van der Waals surface area contributed by atoms with Crippen molar-refractivity contribution in [3.05, 3.63) is 0 Å². The average molecular weight is 197 g/mol. The van der Waals surface area contributed by atoms with Crippen LogP contribution in [0.3, 0.4) is 0 Å². The lowest BCUT2D eigenvalue weighted by Gasteiger charge is -2.23. The topological polar surface area (TPSA) is 12.0 Å². The first-order valence-corrected chi connectivity index (χ1v) is 6.47. The summed E-state index contributed by atoms with van der Waals surface area (Å²) in [5, 5.41) is 3.59. The summed E-state index contributed by atoms with van der Waals surface area (Å²) < 4.78 is 0. The maximum Gasteiger partial charge on any atom is 0.00413 e. The summed E-state index contributed by atoms with van der Waals surface area (Å²) in [6.07, 6.45) is 8.55. The van der Waals surface area contributed by atoms with Gasteiger partial charge in [-0.15, -0.1) is 0 Å². The second-order valence-corrected chi connectivity index (χ2v) is 5.11. The normalized spacial score (nSPS) is 22.5. The number of rotatable bonds is 6. The van der Waals surface area contributed by atoms with Crippen LogP contribution in [0, 0.1) is 11.8 Å². The van der Waals surface area contributed by atoms with Gasteiger partial charge in [0, 0.05) is 6.04 Å². The molecular weight excluding hydrogens is 170 g/mol. The minimum absolute atomic E-state index is 0.713. The molecule has 1 fully saturated rings. The smallest absolute Gasteiger partial charge is 0.00413 e. The van der Waals surface area contributed by atoms with Crippen LogP contribution in [-0.4, -0.2) is 12.6 Å². The van der Waals surface area contributed by atoms with Gasteiger partial charge in [-0.3, -0.25) is 0 Å². The van der Waals surface area contributed by atoms with Crippen molar-refractivity contribution < 1.29 is 0 Å². The molecule has 1 aliphatic rings. The van der Waals surface area contributed by atoms with Crippen LogP contribution in [0.5, 0.6) is 0 Å². The van der Waals surface area contributed by atoms with E-state index >= 15 is 0 Å². The Morgan fingerprint density at radius 1 is 1.21 bits per heavy atom. The molecule has 1 rings (SSSR count). The first-order chi connectivity index (χ1) is 6.74. The van der Waals surface area contributed by atoms with Gasteiger partial charge in [0.1, 0.15) is 0 Å². The SMILES string of the molecule is CCCNC(C)CC(C)C1CCCC1. The van der Waals surface area contributed by atoms with Crippen molar-refractivity contribution in [2.45, 2.75) is 65.3 Å². The van der Waals surface area contributed by atoms with Crippen LogP contribution in [0.25, 0.3) is 0 Å². The summed E-state index contributed by atoms with van der Waals surface area (Å²) in [5.74, 6) is 1.96. The van der Waals surface area contributed by atoms with E-state index in [1.54, 1.807) is 0 Å². The predicted octanol–water partition coefficient (Wildman–Crippen LogP) is 3.59. The standard InChI is InChI=1S/C13H27N/c1-4-9-14-12(3)10-11(2)13-7-5-6-8-13/h11-14H,4-10H2,1-3H3. The Bertz CT molecular complexity index is 138. The average Bonchev–Trinajstić information content (AvgIpc) is 2.67. The van der Waals surface area contributed by atoms with E-state index in [2.05, 4.69) is 26.1 Å². The Morgan fingerprint density at radius 3 is 2.43 bits per heavy atom. The van der Waals surface area contributed by atoms with Crippen LogP contribution in [0.1, 0.15) is 59.3 Å². The molecule has 0 aliphatic heterocycles. The van der Waals surface area contributed by atoms with Gasteiger partial charge in [0.05, 0.1) is 0 Å². The second kappa shape index (κ2) is 6.44. The van der Waals surface area contributed by atoms with Crippen LogP contribution in [0.15, 0.2) is 0 Å². The van der Waals surface area contributed by atoms with Crippen molar-refractivity contribution in [1.82, 2.24) is 5.32 Å². The molecule has 0 amide bonds. The maximum atomic E-state index is 3.59. The maximum absolute atomic E-state index is 3.59. The van der Waals surface area contributed by atoms with E-state index in [4.69, 9.17) is 0 Å². The molecule has 0 aromatic carbocycles. The lowest BCUT2D eigenvalue weighted by atomic mass is 9.87. The fraction of sp³-hybridized carbons (Fsp3) is 1.00. The fourth-order valence-electron chi connectivity index (χ4n) is 2.75. The van der Waals surface area contributed by atoms with Crippen molar-refractivity contribution in [1.29, 1.82) is 0 Å². The van der Waals surface area contributed by atoms with Gasteiger partial charge >= 0.3 is 0 Å². The number of nitrogens with one attached hydrogen (secondary N) is 1. The van der Waals surface area contributed by atoms with Crippen LogP contribution in [0.4, 0.5) is 0 Å². The molecule has 0 saturated heterocycles. The lowest BCUT2D eigenvalue weighted by Crippen LogP contribution is -2.29. The van der Waals surface area contributed by atoms with Gasteiger partial charge in [-0.2, -0.15) is 0 Å². The minimum Gasteiger partial charge on any atom is -0.314 e. The Labute approximate surface area is 89.7 Å². The van der Waals surface area contributed by atoms with Crippen LogP contribution < -0.4 is 5.32 Å². The van der Waals surface area contributed by atoms with Gasteiger partial charge in [-0.1, -0.05) is 39.5 Å². The summed E-state index contributed by atoms with van der Waals surface area (Å²) in [6, 6.07) is 0.713. The van der Waals surface area contributed by atoms with E-state index < -0.39 is 0 Å². The zero-order chi connectivity index (χ0) is 10.4. The molecule has 0 bridgehead atoms. The van der Waals surface area contributed by atoms with Crippen molar-refractivity contribution in [3.63, 3.8) is 0 Å². The van der Waals surface area contributed by atoms with Crippen molar-refractivity contribution >= 4 is 0 Å². The van der Waals surface area contributed by atoms with Gasteiger partial charge < -0.3 is 5.32 Å². The second-order valence-electron chi connectivity index (χ2n) is 5.11. The summed E-state index contributed by atoms with van der Waals surface area (Å²) in [7, 11) is 0. The van der Waals surface area contributed by atoms with Crippen LogP contribution >= 0.6 is 0 Å². The highest BCUT2D eigenvalue weighted by molar-refractivity contribution is 4.75. The molecule has 1 N–H and O–H groups in total. The molecule has 1 saturated carbocycles. The molecule has 84 valence electrons. The Kier molecular flexibility index (Phi) is 5.54. The largest absolute Gasteiger partial charge is 0.314 e.